The van der Waals surface area contributed by atoms with Crippen LogP contribution in [0.1, 0.15) is 11.1 Å². The summed E-state index contributed by atoms with van der Waals surface area (Å²) in [6.45, 7) is 0.438. The van der Waals surface area contributed by atoms with Crippen LogP contribution in [0.2, 0.25) is 0 Å². The van der Waals surface area contributed by atoms with Gasteiger partial charge in [0.05, 0.1) is 14.2 Å². The number of halogens is 1. The predicted molar refractivity (Wildman–Crippen MR) is 78.2 cm³/mol. The Labute approximate surface area is 123 Å². The third-order valence-corrected chi connectivity index (χ3v) is 3.10. The van der Waals surface area contributed by atoms with Crippen LogP contribution in [0.15, 0.2) is 36.4 Å². The first kappa shape index (κ1) is 15.1. The monoisotopic (exact) mass is 291 g/mol. The Kier molecular flexibility index (Phi) is 5.00. The number of para-hydroxylation sites is 1. The highest BCUT2D eigenvalue weighted by Crippen LogP contribution is 2.29. The van der Waals surface area contributed by atoms with Crippen molar-refractivity contribution in [1.82, 2.24) is 0 Å². The molecule has 2 rings (SSSR count). The second-order valence-corrected chi connectivity index (χ2v) is 4.41. The maximum Gasteiger partial charge on any atom is 0.165 e. The third kappa shape index (κ3) is 3.44. The predicted octanol–water partition coefficient (Wildman–Crippen LogP) is 2.88. The summed E-state index contributed by atoms with van der Waals surface area (Å²) in [5.41, 5.74) is 7.07. The summed E-state index contributed by atoms with van der Waals surface area (Å²) in [6.07, 6.45) is 0. The molecule has 112 valence electrons. The Hall–Kier alpha value is -2.27. The van der Waals surface area contributed by atoms with Gasteiger partial charge < -0.3 is 19.9 Å². The molecule has 4 nitrogen and oxygen atoms in total. The fraction of sp³-hybridized carbons (Fsp3) is 0.250. The number of rotatable bonds is 6. The van der Waals surface area contributed by atoms with Crippen molar-refractivity contribution in [2.45, 2.75) is 13.2 Å². The average Bonchev–Trinajstić information content (AvgIpc) is 2.53. The lowest BCUT2D eigenvalue weighted by atomic mass is 10.2. The normalized spacial score (nSPS) is 10.3. The highest BCUT2D eigenvalue weighted by atomic mass is 19.1. The first-order valence-electron chi connectivity index (χ1n) is 6.50. The molecule has 0 saturated carbocycles. The van der Waals surface area contributed by atoms with Gasteiger partial charge in [-0.3, -0.25) is 0 Å². The molecule has 0 radical (unpaired) electrons. The summed E-state index contributed by atoms with van der Waals surface area (Å²) in [7, 11) is 3.13. The summed E-state index contributed by atoms with van der Waals surface area (Å²) in [4.78, 5) is 0. The molecule has 0 bridgehead atoms. The number of ether oxygens (including phenoxy) is 3. The molecule has 0 aliphatic carbocycles. The van der Waals surface area contributed by atoms with Crippen molar-refractivity contribution in [2.24, 2.45) is 5.73 Å². The molecular weight excluding hydrogens is 273 g/mol. The maximum atomic E-state index is 13.8. The highest BCUT2D eigenvalue weighted by molar-refractivity contribution is 5.43. The van der Waals surface area contributed by atoms with Gasteiger partial charge in [0.25, 0.3) is 0 Å². The van der Waals surface area contributed by atoms with Crippen LogP contribution in [0.5, 0.6) is 17.2 Å². The number of hydrogen-bond donors (Lipinski definition) is 1. The molecule has 2 N–H and O–H groups in total. The van der Waals surface area contributed by atoms with Gasteiger partial charge in [0, 0.05) is 12.1 Å². The van der Waals surface area contributed by atoms with E-state index in [0.29, 0.717) is 17.1 Å². The van der Waals surface area contributed by atoms with Gasteiger partial charge in [-0.05, 0) is 23.8 Å². The van der Waals surface area contributed by atoms with Crippen LogP contribution in [0.3, 0.4) is 0 Å². The topological polar surface area (TPSA) is 53.7 Å². The second kappa shape index (κ2) is 6.95. The first-order valence-corrected chi connectivity index (χ1v) is 6.50. The third-order valence-electron chi connectivity index (χ3n) is 3.10. The van der Waals surface area contributed by atoms with E-state index in [-0.39, 0.29) is 18.9 Å². The molecule has 2 aromatic rings. The SMILES string of the molecule is COc1ccc(COc2c(F)cccc2CN)cc1OC. The smallest absolute Gasteiger partial charge is 0.165 e. The van der Waals surface area contributed by atoms with Crippen molar-refractivity contribution >= 4 is 0 Å². The Morgan fingerprint density at radius 2 is 1.81 bits per heavy atom. The standard InChI is InChI=1S/C16H18FNO3/c1-19-14-7-6-11(8-15(14)20-2)10-21-16-12(9-18)4-3-5-13(16)17/h3-8H,9-10,18H2,1-2H3. The number of methoxy groups -OCH3 is 2. The molecule has 0 aliphatic heterocycles. The van der Waals surface area contributed by atoms with Crippen LogP contribution in [0.4, 0.5) is 4.39 Å². The quantitative estimate of drug-likeness (QED) is 0.889. The molecule has 0 atom stereocenters. The largest absolute Gasteiger partial charge is 0.493 e. The van der Waals surface area contributed by atoms with Crippen molar-refractivity contribution in [3.05, 3.63) is 53.3 Å². The van der Waals surface area contributed by atoms with E-state index in [2.05, 4.69) is 0 Å². The zero-order valence-corrected chi connectivity index (χ0v) is 12.1. The Morgan fingerprint density at radius 1 is 1.05 bits per heavy atom. The van der Waals surface area contributed by atoms with Gasteiger partial charge in [-0.1, -0.05) is 18.2 Å². The van der Waals surface area contributed by atoms with Crippen LogP contribution in [0.25, 0.3) is 0 Å². The van der Waals surface area contributed by atoms with E-state index < -0.39 is 5.82 Å². The first-order chi connectivity index (χ1) is 10.2. The minimum absolute atomic E-state index is 0.190. The molecule has 0 amide bonds. The van der Waals surface area contributed by atoms with Crippen LogP contribution < -0.4 is 19.9 Å². The van der Waals surface area contributed by atoms with Gasteiger partial charge in [-0.15, -0.1) is 0 Å². The van der Waals surface area contributed by atoms with Gasteiger partial charge in [0.2, 0.25) is 0 Å². The second-order valence-electron chi connectivity index (χ2n) is 4.41. The van der Waals surface area contributed by atoms with Crippen molar-refractivity contribution in [3.8, 4) is 17.2 Å². The lowest BCUT2D eigenvalue weighted by Gasteiger charge is -2.13. The van der Waals surface area contributed by atoms with Crippen LogP contribution in [-0.2, 0) is 13.2 Å². The van der Waals surface area contributed by atoms with E-state index in [9.17, 15) is 4.39 Å². The summed E-state index contributed by atoms with van der Waals surface area (Å²) >= 11 is 0. The van der Waals surface area contributed by atoms with Crippen LogP contribution >= 0.6 is 0 Å². The molecule has 0 aromatic heterocycles. The van der Waals surface area contributed by atoms with Gasteiger partial charge in [-0.25, -0.2) is 4.39 Å². The highest BCUT2D eigenvalue weighted by Gasteiger charge is 2.10. The Bertz CT molecular complexity index is 616. The van der Waals surface area contributed by atoms with E-state index in [0.717, 1.165) is 5.56 Å². The zero-order chi connectivity index (χ0) is 15.2. The summed E-state index contributed by atoms with van der Waals surface area (Å²) in [6, 6.07) is 10.1. The summed E-state index contributed by atoms with van der Waals surface area (Å²) < 4.78 is 29.7. The lowest BCUT2D eigenvalue weighted by molar-refractivity contribution is 0.285. The molecule has 0 aliphatic rings. The van der Waals surface area contributed by atoms with Crippen molar-refractivity contribution < 1.29 is 18.6 Å². The van der Waals surface area contributed by atoms with E-state index >= 15 is 0 Å². The number of hydrogen-bond acceptors (Lipinski definition) is 4. The van der Waals surface area contributed by atoms with Crippen LogP contribution in [0, 0.1) is 5.82 Å². The summed E-state index contributed by atoms with van der Waals surface area (Å²) in [5, 5.41) is 0. The Balaban J connectivity index is 2.17. The van der Waals surface area contributed by atoms with Crippen LogP contribution in [-0.4, -0.2) is 14.2 Å². The molecular formula is C16H18FNO3. The van der Waals surface area contributed by atoms with Crippen molar-refractivity contribution in [1.29, 1.82) is 0 Å². The number of benzene rings is 2. The van der Waals surface area contributed by atoms with E-state index in [1.165, 1.54) is 6.07 Å². The molecule has 0 spiro atoms. The molecule has 0 heterocycles. The van der Waals surface area contributed by atoms with E-state index in [4.69, 9.17) is 19.9 Å². The minimum atomic E-state index is -0.418. The molecule has 21 heavy (non-hydrogen) atoms. The van der Waals surface area contributed by atoms with E-state index in [1.807, 2.05) is 6.07 Å². The molecule has 0 fully saturated rings. The van der Waals surface area contributed by atoms with Gasteiger partial charge >= 0.3 is 0 Å². The Morgan fingerprint density at radius 3 is 2.48 bits per heavy atom. The fourth-order valence-electron chi connectivity index (χ4n) is 2.00. The van der Waals surface area contributed by atoms with E-state index in [1.54, 1.807) is 38.5 Å². The number of nitrogens with two attached hydrogens (primary N) is 1. The molecule has 5 heteroatoms. The zero-order valence-electron chi connectivity index (χ0n) is 12.1. The van der Waals surface area contributed by atoms with Gasteiger partial charge in [0.1, 0.15) is 6.61 Å². The van der Waals surface area contributed by atoms with Gasteiger partial charge in [-0.2, -0.15) is 0 Å². The molecule has 2 aromatic carbocycles. The average molecular weight is 291 g/mol. The molecule has 0 saturated heterocycles. The minimum Gasteiger partial charge on any atom is -0.493 e. The van der Waals surface area contributed by atoms with Crippen molar-refractivity contribution in [2.75, 3.05) is 14.2 Å². The fourth-order valence-corrected chi connectivity index (χ4v) is 2.00. The maximum absolute atomic E-state index is 13.8. The summed E-state index contributed by atoms with van der Waals surface area (Å²) in [5.74, 6) is 1.01. The molecule has 0 unspecified atom stereocenters. The van der Waals surface area contributed by atoms with Crippen molar-refractivity contribution in [3.63, 3.8) is 0 Å². The van der Waals surface area contributed by atoms with Gasteiger partial charge in [0.15, 0.2) is 23.1 Å². The lowest BCUT2D eigenvalue weighted by Crippen LogP contribution is -2.05.